The number of H-pyrrole nitrogens is 1. The summed E-state index contributed by atoms with van der Waals surface area (Å²) in [6, 6.07) is 10.7. The van der Waals surface area contributed by atoms with Gasteiger partial charge in [-0.05, 0) is 38.3 Å². The lowest BCUT2D eigenvalue weighted by Gasteiger charge is -2.15. The van der Waals surface area contributed by atoms with Gasteiger partial charge in [0.05, 0.1) is 11.7 Å². The summed E-state index contributed by atoms with van der Waals surface area (Å²) in [6.07, 6.45) is 3.61. The molecule has 1 N–H and O–H groups in total. The number of aryl methyl sites for hydroxylation is 3. The van der Waals surface area contributed by atoms with Crippen molar-refractivity contribution < 1.29 is 0 Å². The summed E-state index contributed by atoms with van der Waals surface area (Å²) in [7, 11) is 0. The van der Waals surface area contributed by atoms with Crippen LogP contribution in [0.3, 0.4) is 0 Å². The van der Waals surface area contributed by atoms with Crippen molar-refractivity contribution in [2.45, 2.75) is 39.7 Å². The normalized spacial score (nSPS) is 12.5. The van der Waals surface area contributed by atoms with Gasteiger partial charge in [0.25, 0.3) is 0 Å². The average Bonchev–Trinajstić information content (AvgIpc) is 3.13. The quantitative estimate of drug-likeness (QED) is 0.787. The molecule has 0 radical (unpaired) electrons. The average molecular weight is 295 g/mol. The standard InChI is InChI=1S/C17H21N5/c1-12-16(13(2)20-19-12)9-10-17-21-18-11-22(17)14(3)15-7-5-4-6-8-15/h4-8,11,14H,9-10H2,1-3H3,(H,19,20). The molecule has 5 heteroatoms. The molecule has 0 aliphatic carbocycles. The fourth-order valence-electron chi connectivity index (χ4n) is 2.84. The van der Waals surface area contributed by atoms with Gasteiger partial charge in [0.1, 0.15) is 12.2 Å². The lowest BCUT2D eigenvalue weighted by atomic mass is 10.1. The van der Waals surface area contributed by atoms with Crippen LogP contribution < -0.4 is 0 Å². The highest BCUT2D eigenvalue weighted by Gasteiger charge is 2.14. The Labute approximate surface area is 130 Å². The van der Waals surface area contributed by atoms with Crippen molar-refractivity contribution in [1.82, 2.24) is 25.0 Å². The lowest BCUT2D eigenvalue weighted by molar-refractivity contribution is 0.597. The first-order valence-corrected chi connectivity index (χ1v) is 7.60. The zero-order valence-corrected chi connectivity index (χ0v) is 13.2. The first-order valence-electron chi connectivity index (χ1n) is 7.60. The molecule has 0 saturated heterocycles. The molecule has 1 atom stereocenters. The van der Waals surface area contributed by atoms with Gasteiger partial charge in [-0.2, -0.15) is 5.10 Å². The van der Waals surface area contributed by atoms with Gasteiger partial charge < -0.3 is 4.57 Å². The maximum absolute atomic E-state index is 4.30. The van der Waals surface area contributed by atoms with E-state index in [2.05, 4.69) is 63.1 Å². The van der Waals surface area contributed by atoms with Crippen LogP contribution in [0.1, 0.15) is 41.3 Å². The van der Waals surface area contributed by atoms with Gasteiger partial charge in [-0.15, -0.1) is 10.2 Å². The van der Waals surface area contributed by atoms with Crippen molar-refractivity contribution in [3.8, 4) is 0 Å². The Morgan fingerprint density at radius 3 is 2.59 bits per heavy atom. The molecule has 3 rings (SSSR count). The summed E-state index contributed by atoms with van der Waals surface area (Å²) in [5, 5.41) is 15.7. The molecule has 2 heterocycles. The highest BCUT2D eigenvalue weighted by Crippen LogP contribution is 2.20. The van der Waals surface area contributed by atoms with E-state index in [1.54, 1.807) is 0 Å². The Bertz CT molecular complexity index is 722. The number of aromatic amines is 1. The van der Waals surface area contributed by atoms with Crippen molar-refractivity contribution in [3.63, 3.8) is 0 Å². The van der Waals surface area contributed by atoms with E-state index >= 15 is 0 Å². The number of hydrogen-bond acceptors (Lipinski definition) is 3. The highest BCUT2D eigenvalue weighted by molar-refractivity contribution is 5.24. The lowest BCUT2D eigenvalue weighted by Crippen LogP contribution is -2.11. The minimum absolute atomic E-state index is 0.234. The van der Waals surface area contributed by atoms with Gasteiger partial charge in [0.15, 0.2) is 0 Å². The smallest absolute Gasteiger partial charge is 0.133 e. The van der Waals surface area contributed by atoms with Crippen LogP contribution >= 0.6 is 0 Å². The van der Waals surface area contributed by atoms with E-state index in [0.29, 0.717) is 0 Å². The van der Waals surface area contributed by atoms with Crippen LogP contribution in [0.5, 0.6) is 0 Å². The fraction of sp³-hybridized carbons (Fsp3) is 0.353. The maximum Gasteiger partial charge on any atom is 0.133 e. The second-order valence-electron chi connectivity index (χ2n) is 5.65. The molecule has 3 aromatic rings. The van der Waals surface area contributed by atoms with Gasteiger partial charge in [0.2, 0.25) is 0 Å². The summed E-state index contributed by atoms with van der Waals surface area (Å²) in [5.41, 5.74) is 4.75. The SMILES string of the molecule is Cc1n[nH]c(C)c1CCc1nncn1C(C)c1ccccc1. The van der Waals surface area contributed by atoms with E-state index in [0.717, 1.165) is 30.1 Å². The number of nitrogens with one attached hydrogen (secondary N) is 1. The Morgan fingerprint density at radius 1 is 1.14 bits per heavy atom. The predicted octanol–water partition coefficient (Wildman–Crippen LogP) is 3.01. The summed E-state index contributed by atoms with van der Waals surface area (Å²) < 4.78 is 2.15. The third-order valence-corrected chi connectivity index (χ3v) is 4.23. The molecular formula is C17H21N5. The first kappa shape index (κ1) is 14.5. The van der Waals surface area contributed by atoms with Crippen LogP contribution in [0.15, 0.2) is 36.7 Å². The van der Waals surface area contributed by atoms with E-state index in [-0.39, 0.29) is 6.04 Å². The van der Waals surface area contributed by atoms with Crippen LogP contribution in [0.25, 0.3) is 0 Å². The van der Waals surface area contributed by atoms with Crippen molar-refractivity contribution in [3.05, 3.63) is 65.0 Å². The van der Waals surface area contributed by atoms with Crippen LogP contribution in [0.4, 0.5) is 0 Å². The molecule has 0 saturated carbocycles. The molecule has 0 aliphatic rings. The van der Waals surface area contributed by atoms with E-state index < -0.39 is 0 Å². The van der Waals surface area contributed by atoms with Crippen LogP contribution in [-0.4, -0.2) is 25.0 Å². The van der Waals surface area contributed by atoms with Crippen molar-refractivity contribution >= 4 is 0 Å². The molecule has 0 spiro atoms. The molecular weight excluding hydrogens is 274 g/mol. The van der Waals surface area contributed by atoms with E-state index in [1.165, 1.54) is 11.1 Å². The molecule has 0 aliphatic heterocycles. The minimum atomic E-state index is 0.234. The van der Waals surface area contributed by atoms with Crippen molar-refractivity contribution in [1.29, 1.82) is 0 Å². The number of nitrogens with zero attached hydrogens (tertiary/aromatic N) is 4. The van der Waals surface area contributed by atoms with Gasteiger partial charge in [-0.1, -0.05) is 30.3 Å². The topological polar surface area (TPSA) is 59.4 Å². The highest BCUT2D eigenvalue weighted by atomic mass is 15.3. The molecule has 114 valence electrons. The molecule has 1 unspecified atom stereocenters. The van der Waals surface area contributed by atoms with Gasteiger partial charge >= 0.3 is 0 Å². The fourth-order valence-corrected chi connectivity index (χ4v) is 2.84. The Balaban J connectivity index is 1.78. The molecule has 0 amide bonds. The zero-order chi connectivity index (χ0) is 15.5. The Kier molecular flexibility index (Phi) is 4.04. The summed E-state index contributed by atoms with van der Waals surface area (Å²) in [4.78, 5) is 0. The molecule has 1 aromatic carbocycles. The molecule has 0 fully saturated rings. The van der Waals surface area contributed by atoms with Crippen molar-refractivity contribution in [2.75, 3.05) is 0 Å². The zero-order valence-electron chi connectivity index (χ0n) is 13.2. The van der Waals surface area contributed by atoms with Crippen molar-refractivity contribution in [2.24, 2.45) is 0 Å². The van der Waals surface area contributed by atoms with Gasteiger partial charge in [-0.3, -0.25) is 5.10 Å². The second kappa shape index (κ2) is 6.13. The molecule has 5 nitrogen and oxygen atoms in total. The second-order valence-corrected chi connectivity index (χ2v) is 5.65. The summed E-state index contributed by atoms with van der Waals surface area (Å²) >= 11 is 0. The number of aromatic nitrogens is 5. The maximum atomic E-state index is 4.30. The summed E-state index contributed by atoms with van der Waals surface area (Å²) in [5.74, 6) is 1.01. The Hall–Kier alpha value is -2.43. The molecule has 2 aromatic heterocycles. The van der Waals surface area contributed by atoms with E-state index in [4.69, 9.17) is 0 Å². The molecule has 0 bridgehead atoms. The number of rotatable bonds is 5. The third kappa shape index (κ3) is 2.79. The van der Waals surface area contributed by atoms with E-state index in [1.807, 2.05) is 19.3 Å². The van der Waals surface area contributed by atoms with Gasteiger partial charge in [-0.25, -0.2) is 0 Å². The first-order chi connectivity index (χ1) is 10.7. The predicted molar refractivity (Wildman–Crippen MR) is 85.7 cm³/mol. The third-order valence-electron chi connectivity index (χ3n) is 4.23. The summed E-state index contributed by atoms with van der Waals surface area (Å²) in [6.45, 7) is 6.28. The number of benzene rings is 1. The Morgan fingerprint density at radius 2 is 1.91 bits per heavy atom. The largest absolute Gasteiger partial charge is 0.310 e. The number of hydrogen-bond donors (Lipinski definition) is 1. The minimum Gasteiger partial charge on any atom is -0.310 e. The van der Waals surface area contributed by atoms with Crippen LogP contribution in [0, 0.1) is 13.8 Å². The molecule has 22 heavy (non-hydrogen) atoms. The van der Waals surface area contributed by atoms with E-state index in [9.17, 15) is 0 Å². The van der Waals surface area contributed by atoms with Crippen LogP contribution in [-0.2, 0) is 12.8 Å². The van der Waals surface area contributed by atoms with Gasteiger partial charge in [0, 0.05) is 12.1 Å². The van der Waals surface area contributed by atoms with Crippen LogP contribution in [0.2, 0.25) is 0 Å². The monoisotopic (exact) mass is 295 g/mol.